The van der Waals surface area contributed by atoms with Gasteiger partial charge in [0.05, 0.1) is 6.10 Å². The van der Waals surface area contributed by atoms with Gasteiger partial charge in [0, 0.05) is 5.56 Å². The third-order valence-corrected chi connectivity index (χ3v) is 3.28. The fourth-order valence-electron chi connectivity index (χ4n) is 2.01. The van der Waals surface area contributed by atoms with Gasteiger partial charge in [-0.15, -0.1) is 0 Å². The molecule has 0 bridgehead atoms. The molecular formula is C18H19NO4. The molecule has 0 unspecified atom stereocenters. The van der Waals surface area contributed by atoms with Crippen molar-refractivity contribution in [3.8, 4) is 0 Å². The number of aliphatic hydroxyl groups excluding tert-OH is 1. The first-order chi connectivity index (χ1) is 11.1. The summed E-state index contributed by atoms with van der Waals surface area (Å²) in [6.45, 7) is 1.52. The highest BCUT2D eigenvalue weighted by atomic mass is 16.5. The Morgan fingerprint density at radius 3 is 2.17 bits per heavy atom. The van der Waals surface area contributed by atoms with Gasteiger partial charge in [0.2, 0.25) is 0 Å². The van der Waals surface area contributed by atoms with Gasteiger partial charge in [0.25, 0.3) is 5.91 Å². The molecule has 0 aliphatic carbocycles. The highest BCUT2D eigenvalue weighted by molar-refractivity contribution is 5.96. The van der Waals surface area contributed by atoms with E-state index >= 15 is 0 Å². The van der Waals surface area contributed by atoms with Gasteiger partial charge in [0.15, 0.2) is 6.04 Å². The first kappa shape index (κ1) is 16.7. The molecule has 5 heteroatoms. The first-order valence-electron chi connectivity index (χ1n) is 7.32. The topological polar surface area (TPSA) is 75.6 Å². The molecule has 2 atom stereocenters. The third-order valence-electron chi connectivity index (χ3n) is 3.28. The molecule has 0 aliphatic rings. The second kappa shape index (κ2) is 8.10. The Morgan fingerprint density at radius 1 is 1.04 bits per heavy atom. The molecule has 0 saturated carbocycles. The summed E-state index contributed by atoms with van der Waals surface area (Å²) in [7, 11) is 0. The van der Waals surface area contributed by atoms with Gasteiger partial charge in [0.1, 0.15) is 6.61 Å². The predicted molar refractivity (Wildman–Crippen MR) is 85.6 cm³/mol. The molecule has 0 aromatic heterocycles. The van der Waals surface area contributed by atoms with E-state index in [2.05, 4.69) is 5.32 Å². The maximum Gasteiger partial charge on any atom is 0.331 e. The van der Waals surface area contributed by atoms with Gasteiger partial charge in [-0.1, -0.05) is 48.5 Å². The lowest BCUT2D eigenvalue weighted by Gasteiger charge is -2.20. The number of aliphatic hydroxyl groups is 1. The van der Waals surface area contributed by atoms with E-state index in [0.29, 0.717) is 5.56 Å². The van der Waals surface area contributed by atoms with E-state index in [0.717, 1.165) is 5.56 Å². The van der Waals surface area contributed by atoms with Gasteiger partial charge in [-0.3, -0.25) is 4.79 Å². The van der Waals surface area contributed by atoms with Crippen LogP contribution in [-0.2, 0) is 16.1 Å². The van der Waals surface area contributed by atoms with Crippen LogP contribution in [0.4, 0.5) is 0 Å². The molecule has 120 valence electrons. The van der Waals surface area contributed by atoms with Crippen LogP contribution >= 0.6 is 0 Å². The summed E-state index contributed by atoms with van der Waals surface area (Å²) >= 11 is 0. The Bertz CT molecular complexity index is 641. The minimum absolute atomic E-state index is 0.0874. The fourth-order valence-corrected chi connectivity index (χ4v) is 2.01. The smallest absolute Gasteiger partial charge is 0.331 e. The number of hydrogen-bond acceptors (Lipinski definition) is 4. The van der Waals surface area contributed by atoms with E-state index < -0.39 is 24.0 Å². The predicted octanol–water partition coefficient (Wildman–Crippen LogP) is 1.91. The zero-order chi connectivity index (χ0) is 16.7. The Balaban J connectivity index is 1.97. The van der Waals surface area contributed by atoms with Gasteiger partial charge in [-0.2, -0.15) is 0 Å². The molecule has 5 nitrogen and oxygen atoms in total. The fraction of sp³-hybridized carbons (Fsp3) is 0.222. The van der Waals surface area contributed by atoms with Crippen LogP contribution < -0.4 is 5.32 Å². The molecular weight excluding hydrogens is 294 g/mol. The van der Waals surface area contributed by atoms with Crippen LogP contribution in [0.5, 0.6) is 0 Å². The van der Waals surface area contributed by atoms with E-state index in [9.17, 15) is 14.7 Å². The maximum absolute atomic E-state index is 12.1. The second-order valence-corrected chi connectivity index (χ2v) is 5.15. The molecule has 0 fully saturated rings. The summed E-state index contributed by atoms with van der Waals surface area (Å²) in [6, 6.07) is 16.6. The average Bonchev–Trinajstić information content (AvgIpc) is 2.58. The molecule has 1 amide bonds. The van der Waals surface area contributed by atoms with Gasteiger partial charge in [-0.25, -0.2) is 4.79 Å². The Hall–Kier alpha value is -2.66. The number of ether oxygens (including phenoxy) is 1. The van der Waals surface area contributed by atoms with Crippen molar-refractivity contribution in [1.82, 2.24) is 5.32 Å². The number of carbonyl (C=O) groups is 2. The van der Waals surface area contributed by atoms with Crippen LogP contribution in [0.2, 0.25) is 0 Å². The van der Waals surface area contributed by atoms with E-state index in [4.69, 9.17) is 4.74 Å². The zero-order valence-corrected chi connectivity index (χ0v) is 12.8. The number of carbonyl (C=O) groups excluding carboxylic acids is 2. The summed E-state index contributed by atoms with van der Waals surface area (Å²) in [6.07, 6.45) is -1.06. The normalized spacial score (nSPS) is 13.0. The summed E-state index contributed by atoms with van der Waals surface area (Å²) in [5.41, 5.74) is 1.24. The highest BCUT2D eigenvalue weighted by Crippen LogP contribution is 2.06. The number of hydrogen-bond donors (Lipinski definition) is 2. The van der Waals surface area contributed by atoms with Gasteiger partial charge < -0.3 is 15.2 Å². The van der Waals surface area contributed by atoms with Crippen LogP contribution in [-0.4, -0.2) is 29.1 Å². The van der Waals surface area contributed by atoms with Crippen molar-refractivity contribution in [2.75, 3.05) is 0 Å². The van der Waals surface area contributed by atoms with Crippen molar-refractivity contribution in [1.29, 1.82) is 0 Å². The monoisotopic (exact) mass is 313 g/mol. The summed E-state index contributed by atoms with van der Waals surface area (Å²) in [5, 5.41) is 12.3. The largest absolute Gasteiger partial charge is 0.459 e. The molecule has 0 spiro atoms. The molecule has 0 saturated heterocycles. The van der Waals surface area contributed by atoms with E-state index in [1.54, 1.807) is 30.3 Å². The molecule has 0 heterocycles. The Morgan fingerprint density at radius 2 is 1.61 bits per heavy atom. The minimum atomic E-state index is -1.12. The minimum Gasteiger partial charge on any atom is -0.459 e. The number of amides is 1. The molecule has 2 rings (SSSR count). The lowest BCUT2D eigenvalue weighted by molar-refractivity contribution is -0.150. The second-order valence-electron chi connectivity index (χ2n) is 5.15. The number of esters is 1. The van der Waals surface area contributed by atoms with Crippen molar-refractivity contribution in [3.05, 3.63) is 71.8 Å². The van der Waals surface area contributed by atoms with E-state index in [1.807, 2.05) is 30.3 Å². The lowest BCUT2D eigenvalue weighted by Crippen LogP contribution is -2.48. The standard InChI is InChI=1S/C18H19NO4/c1-13(20)16(19-17(21)15-10-6-3-7-11-15)18(22)23-12-14-8-4-2-5-9-14/h2-11,13,16,20H,12H2,1H3,(H,19,21)/t13-,16-/m1/s1. The molecule has 23 heavy (non-hydrogen) atoms. The van der Waals surface area contributed by atoms with Crippen molar-refractivity contribution in [2.24, 2.45) is 0 Å². The van der Waals surface area contributed by atoms with E-state index in [1.165, 1.54) is 6.92 Å². The summed E-state index contributed by atoms with van der Waals surface area (Å²) in [4.78, 5) is 24.2. The molecule has 2 aromatic rings. The third kappa shape index (κ3) is 4.93. The van der Waals surface area contributed by atoms with Crippen LogP contribution in [0.1, 0.15) is 22.8 Å². The number of benzene rings is 2. The van der Waals surface area contributed by atoms with Crippen LogP contribution in [0, 0.1) is 0 Å². The first-order valence-corrected chi connectivity index (χ1v) is 7.32. The Kier molecular flexibility index (Phi) is 5.88. The van der Waals surface area contributed by atoms with Crippen LogP contribution in [0.3, 0.4) is 0 Å². The quantitative estimate of drug-likeness (QED) is 0.799. The summed E-state index contributed by atoms with van der Waals surface area (Å²) in [5.74, 6) is -1.11. The maximum atomic E-state index is 12.1. The molecule has 0 aliphatic heterocycles. The average molecular weight is 313 g/mol. The zero-order valence-electron chi connectivity index (χ0n) is 12.8. The Labute approximate surface area is 134 Å². The van der Waals surface area contributed by atoms with Crippen molar-refractivity contribution in [2.45, 2.75) is 25.7 Å². The van der Waals surface area contributed by atoms with Crippen molar-refractivity contribution in [3.63, 3.8) is 0 Å². The number of nitrogens with one attached hydrogen (secondary N) is 1. The summed E-state index contributed by atoms with van der Waals surface area (Å²) < 4.78 is 5.17. The van der Waals surface area contributed by atoms with Crippen molar-refractivity contribution < 1.29 is 19.4 Å². The van der Waals surface area contributed by atoms with Crippen LogP contribution in [0.15, 0.2) is 60.7 Å². The molecule has 2 aromatic carbocycles. The van der Waals surface area contributed by atoms with Crippen molar-refractivity contribution >= 4 is 11.9 Å². The SMILES string of the molecule is C[C@@H](O)[C@@H](NC(=O)c1ccccc1)C(=O)OCc1ccccc1. The number of rotatable bonds is 6. The molecule has 0 radical (unpaired) electrons. The van der Waals surface area contributed by atoms with E-state index in [-0.39, 0.29) is 6.61 Å². The van der Waals surface area contributed by atoms with Gasteiger partial charge in [-0.05, 0) is 24.6 Å². The highest BCUT2D eigenvalue weighted by Gasteiger charge is 2.27. The van der Waals surface area contributed by atoms with Crippen LogP contribution in [0.25, 0.3) is 0 Å². The molecule has 2 N–H and O–H groups in total. The lowest BCUT2D eigenvalue weighted by atomic mass is 10.1. The van der Waals surface area contributed by atoms with Gasteiger partial charge >= 0.3 is 5.97 Å².